The molecule has 0 bridgehead atoms. The van der Waals surface area contributed by atoms with Gasteiger partial charge < -0.3 is 0 Å². The molecule has 0 radical (unpaired) electrons. The predicted molar refractivity (Wildman–Crippen MR) is 96.6 cm³/mol. The van der Waals surface area contributed by atoms with Gasteiger partial charge in [-0.25, -0.2) is 0 Å². The number of allylic oxidation sites excluding steroid dienone is 4. The SMILES string of the molecule is CC(C)(C)C1C=C(c2cccc(-c3ccccc3)c2)C=CC1. The molecule has 1 aliphatic carbocycles. The van der Waals surface area contributed by atoms with Gasteiger partial charge in [0, 0.05) is 0 Å². The van der Waals surface area contributed by atoms with Gasteiger partial charge in [0.25, 0.3) is 0 Å². The van der Waals surface area contributed by atoms with Crippen LogP contribution in [-0.2, 0) is 0 Å². The van der Waals surface area contributed by atoms with Gasteiger partial charge in [-0.15, -0.1) is 0 Å². The Morgan fingerprint density at radius 2 is 1.50 bits per heavy atom. The largest absolute Gasteiger partial charge is 0.0833 e. The van der Waals surface area contributed by atoms with Crippen molar-refractivity contribution in [2.45, 2.75) is 27.2 Å². The molecule has 0 aromatic heterocycles. The summed E-state index contributed by atoms with van der Waals surface area (Å²) in [5.74, 6) is 0.605. The number of hydrogen-bond donors (Lipinski definition) is 0. The molecule has 1 atom stereocenters. The monoisotopic (exact) mass is 288 g/mol. The molecule has 0 aliphatic heterocycles. The van der Waals surface area contributed by atoms with E-state index in [9.17, 15) is 0 Å². The van der Waals surface area contributed by atoms with Crippen molar-refractivity contribution in [2.24, 2.45) is 11.3 Å². The lowest BCUT2D eigenvalue weighted by Crippen LogP contribution is -2.19. The summed E-state index contributed by atoms with van der Waals surface area (Å²) < 4.78 is 0. The van der Waals surface area contributed by atoms with E-state index >= 15 is 0 Å². The Labute approximate surface area is 134 Å². The molecule has 1 aliphatic rings. The van der Waals surface area contributed by atoms with Crippen LogP contribution in [0.15, 0.2) is 72.8 Å². The molecule has 0 N–H and O–H groups in total. The average Bonchev–Trinajstić information content (AvgIpc) is 2.55. The van der Waals surface area contributed by atoms with E-state index in [4.69, 9.17) is 0 Å². The maximum Gasteiger partial charge on any atom is -0.0141 e. The lowest BCUT2D eigenvalue weighted by Gasteiger charge is -2.30. The Morgan fingerprint density at radius 3 is 2.23 bits per heavy atom. The van der Waals surface area contributed by atoms with Crippen molar-refractivity contribution >= 4 is 5.57 Å². The van der Waals surface area contributed by atoms with E-state index in [2.05, 4.69) is 93.6 Å². The van der Waals surface area contributed by atoms with E-state index in [-0.39, 0.29) is 0 Å². The van der Waals surface area contributed by atoms with Gasteiger partial charge in [0.2, 0.25) is 0 Å². The summed E-state index contributed by atoms with van der Waals surface area (Å²) in [4.78, 5) is 0. The third kappa shape index (κ3) is 3.22. The Bertz CT molecular complexity index is 696. The fourth-order valence-corrected chi connectivity index (χ4v) is 2.99. The number of benzene rings is 2. The zero-order valence-electron chi connectivity index (χ0n) is 13.7. The first-order valence-corrected chi connectivity index (χ1v) is 8.08. The summed E-state index contributed by atoms with van der Waals surface area (Å²) in [7, 11) is 0. The van der Waals surface area contributed by atoms with E-state index in [1.165, 1.54) is 22.3 Å². The number of hydrogen-bond acceptors (Lipinski definition) is 0. The fraction of sp³-hybridized carbons (Fsp3) is 0.273. The molecule has 3 rings (SSSR count). The highest BCUT2D eigenvalue weighted by Crippen LogP contribution is 2.36. The molecule has 2 aromatic rings. The van der Waals surface area contributed by atoms with Crippen LogP contribution in [0.1, 0.15) is 32.8 Å². The fourth-order valence-electron chi connectivity index (χ4n) is 2.99. The first-order valence-electron chi connectivity index (χ1n) is 8.08. The summed E-state index contributed by atoms with van der Waals surface area (Å²) in [5.41, 5.74) is 5.53. The van der Waals surface area contributed by atoms with E-state index in [0.717, 1.165) is 6.42 Å². The second-order valence-corrected chi connectivity index (χ2v) is 7.18. The molecule has 0 nitrogen and oxygen atoms in total. The van der Waals surface area contributed by atoms with E-state index in [1.807, 2.05) is 0 Å². The molecule has 0 fully saturated rings. The van der Waals surface area contributed by atoms with E-state index < -0.39 is 0 Å². The zero-order valence-corrected chi connectivity index (χ0v) is 13.7. The van der Waals surface area contributed by atoms with Crippen molar-refractivity contribution in [3.63, 3.8) is 0 Å². The van der Waals surface area contributed by atoms with Crippen molar-refractivity contribution in [3.05, 3.63) is 78.4 Å². The second-order valence-electron chi connectivity index (χ2n) is 7.18. The topological polar surface area (TPSA) is 0 Å². The smallest absolute Gasteiger partial charge is 0.0141 e. The average molecular weight is 288 g/mol. The van der Waals surface area contributed by atoms with Gasteiger partial charge in [-0.3, -0.25) is 0 Å². The lowest BCUT2D eigenvalue weighted by atomic mass is 9.75. The second kappa shape index (κ2) is 5.96. The summed E-state index contributed by atoms with van der Waals surface area (Å²) >= 11 is 0. The Morgan fingerprint density at radius 1 is 0.818 bits per heavy atom. The van der Waals surface area contributed by atoms with Gasteiger partial charge in [-0.1, -0.05) is 87.5 Å². The van der Waals surface area contributed by atoms with Crippen LogP contribution in [0, 0.1) is 11.3 Å². The van der Waals surface area contributed by atoms with Gasteiger partial charge >= 0.3 is 0 Å². The minimum atomic E-state index is 0.313. The molecular formula is C22H24. The third-order valence-electron chi connectivity index (χ3n) is 4.48. The van der Waals surface area contributed by atoms with Crippen LogP contribution < -0.4 is 0 Å². The molecule has 0 spiro atoms. The van der Waals surface area contributed by atoms with Gasteiger partial charge in [-0.05, 0) is 46.1 Å². The van der Waals surface area contributed by atoms with Crippen LogP contribution in [-0.4, -0.2) is 0 Å². The van der Waals surface area contributed by atoms with Gasteiger partial charge in [-0.2, -0.15) is 0 Å². The van der Waals surface area contributed by atoms with Gasteiger partial charge in [0.15, 0.2) is 0 Å². The standard InChI is InChI=1S/C22H24/c1-22(2,3)21-14-8-13-20(16-21)19-12-7-11-18(15-19)17-9-5-4-6-10-17/h4-13,15-16,21H,14H2,1-3H3. The van der Waals surface area contributed by atoms with Crippen LogP contribution >= 0.6 is 0 Å². The van der Waals surface area contributed by atoms with Crippen LogP contribution in [0.2, 0.25) is 0 Å². The summed E-state index contributed by atoms with van der Waals surface area (Å²) in [6.07, 6.45) is 8.18. The zero-order chi connectivity index (χ0) is 15.6. The molecule has 1 unspecified atom stereocenters. The molecule has 22 heavy (non-hydrogen) atoms. The van der Waals surface area contributed by atoms with Crippen molar-refractivity contribution in [2.75, 3.05) is 0 Å². The highest BCUT2D eigenvalue weighted by Gasteiger charge is 2.23. The Hall–Kier alpha value is -2.08. The van der Waals surface area contributed by atoms with Crippen LogP contribution in [0.3, 0.4) is 0 Å². The highest BCUT2D eigenvalue weighted by atomic mass is 14.3. The minimum absolute atomic E-state index is 0.313. The van der Waals surface area contributed by atoms with Crippen molar-refractivity contribution in [1.29, 1.82) is 0 Å². The summed E-state index contributed by atoms with van der Waals surface area (Å²) in [5, 5.41) is 0. The normalized spacial score (nSPS) is 18.1. The third-order valence-corrected chi connectivity index (χ3v) is 4.48. The van der Waals surface area contributed by atoms with E-state index in [0.29, 0.717) is 11.3 Å². The molecule has 0 saturated heterocycles. The molecule has 0 heterocycles. The predicted octanol–water partition coefficient (Wildman–Crippen LogP) is 6.36. The van der Waals surface area contributed by atoms with Gasteiger partial charge in [0.05, 0.1) is 0 Å². The molecule has 2 aromatic carbocycles. The van der Waals surface area contributed by atoms with Crippen LogP contribution in [0.4, 0.5) is 0 Å². The lowest BCUT2D eigenvalue weighted by molar-refractivity contribution is 0.294. The van der Waals surface area contributed by atoms with Crippen LogP contribution in [0.25, 0.3) is 16.7 Å². The maximum atomic E-state index is 2.45. The van der Waals surface area contributed by atoms with Crippen LogP contribution in [0.5, 0.6) is 0 Å². The summed E-state index contributed by atoms with van der Waals surface area (Å²) in [6.45, 7) is 6.97. The minimum Gasteiger partial charge on any atom is -0.0833 e. The first kappa shape index (κ1) is 14.8. The van der Waals surface area contributed by atoms with Crippen molar-refractivity contribution < 1.29 is 0 Å². The van der Waals surface area contributed by atoms with Crippen molar-refractivity contribution in [3.8, 4) is 11.1 Å². The molecule has 0 amide bonds. The summed E-state index contributed by atoms with van der Waals surface area (Å²) in [6, 6.07) is 19.5. The van der Waals surface area contributed by atoms with E-state index in [1.54, 1.807) is 0 Å². The van der Waals surface area contributed by atoms with Crippen molar-refractivity contribution in [1.82, 2.24) is 0 Å². The maximum absolute atomic E-state index is 2.45. The number of rotatable bonds is 2. The Kier molecular flexibility index (Phi) is 4.02. The molecular weight excluding hydrogens is 264 g/mol. The molecule has 0 saturated carbocycles. The van der Waals surface area contributed by atoms with Gasteiger partial charge in [0.1, 0.15) is 0 Å². The molecule has 0 heteroatoms. The Balaban J connectivity index is 1.96. The highest BCUT2D eigenvalue weighted by molar-refractivity contribution is 5.78. The molecule has 112 valence electrons. The quantitative estimate of drug-likeness (QED) is 0.603. The first-order chi connectivity index (χ1) is 10.5.